The number of carbonyl (C=O) groups excluding carboxylic acids is 2. The third kappa shape index (κ3) is 3.64. The van der Waals surface area contributed by atoms with Crippen LogP contribution in [0.1, 0.15) is 52.0 Å². The second-order valence-corrected chi connectivity index (χ2v) is 7.93. The zero-order chi connectivity index (χ0) is 19.8. The van der Waals surface area contributed by atoms with Gasteiger partial charge >= 0.3 is 5.97 Å². The highest BCUT2D eigenvalue weighted by atomic mass is 16.5. The van der Waals surface area contributed by atoms with Gasteiger partial charge in [-0.3, -0.25) is 4.79 Å². The Hall–Kier alpha value is -2.56. The fourth-order valence-electron chi connectivity index (χ4n) is 4.07. The van der Waals surface area contributed by atoms with Crippen LogP contribution < -0.4 is 10.1 Å². The number of ether oxygens (including phenoxy) is 2. The molecule has 0 saturated carbocycles. The third-order valence-electron chi connectivity index (χ3n) is 5.16. The van der Waals surface area contributed by atoms with Crippen molar-refractivity contribution in [1.82, 2.24) is 5.32 Å². The molecule has 0 radical (unpaired) electrons. The number of dihydropyridines is 1. The van der Waals surface area contributed by atoms with Crippen molar-refractivity contribution in [3.63, 3.8) is 0 Å². The Kier molecular flexibility index (Phi) is 5.13. The normalized spacial score (nSPS) is 21.5. The van der Waals surface area contributed by atoms with Crippen molar-refractivity contribution in [2.24, 2.45) is 5.41 Å². The second kappa shape index (κ2) is 7.22. The van der Waals surface area contributed by atoms with Crippen molar-refractivity contribution < 1.29 is 19.1 Å². The summed E-state index contributed by atoms with van der Waals surface area (Å²) in [7, 11) is 1.61. The Morgan fingerprint density at radius 3 is 2.70 bits per heavy atom. The first-order valence-corrected chi connectivity index (χ1v) is 9.32. The van der Waals surface area contributed by atoms with Crippen LogP contribution in [0.15, 0.2) is 46.8 Å². The number of methoxy groups -OCH3 is 1. The van der Waals surface area contributed by atoms with E-state index in [2.05, 4.69) is 19.2 Å². The van der Waals surface area contributed by atoms with Crippen molar-refractivity contribution >= 4 is 11.8 Å². The molecule has 0 amide bonds. The average molecular weight is 369 g/mol. The molecule has 1 atom stereocenters. The molecule has 2 aliphatic rings. The largest absolute Gasteiger partial charge is 0.497 e. The molecule has 0 spiro atoms. The average Bonchev–Trinajstić information content (AvgIpc) is 2.59. The Bertz CT molecular complexity index is 848. The number of nitrogens with one attached hydrogen (secondary N) is 1. The molecule has 1 aromatic carbocycles. The van der Waals surface area contributed by atoms with E-state index in [1.165, 1.54) is 0 Å². The summed E-state index contributed by atoms with van der Waals surface area (Å²) in [5.41, 5.74) is 3.58. The number of hydrogen-bond acceptors (Lipinski definition) is 5. The summed E-state index contributed by atoms with van der Waals surface area (Å²) in [4.78, 5) is 25.9. The highest BCUT2D eigenvalue weighted by Gasteiger charge is 2.43. The number of benzene rings is 1. The summed E-state index contributed by atoms with van der Waals surface area (Å²) >= 11 is 0. The van der Waals surface area contributed by atoms with Crippen molar-refractivity contribution in [3.8, 4) is 5.75 Å². The summed E-state index contributed by atoms with van der Waals surface area (Å²) in [6, 6.07) is 7.56. The molecule has 27 heavy (non-hydrogen) atoms. The first kappa shape index (κ1) is 19.2. The van der Waals surface area contributed by atoms with Gasteiger partial charge in [0.2, 0.25) is 0 Å². The van der Waals surface area contributed by atoms with E-state index < -0.39 is 5.92 Å². The van der Waals surface area contributed by atoms with Crippen LogP contribution in [0, 0.1) is 5.41 Å². The lowest BCUT2D eigenvalue weighted by Crippen LogP contribution is -2.38. The van der Waals surface area contributed by atoms with Crippen LogP contribution in [0.5, 0.6) is 5.75 Å². The first-order valence-electron chi connectivity index (χ1n) is 9.32. The summed E-state index contributed by atoms with van der Waals surface area (Å²) in [6.45, 7) is 8.12. The zero-order valence-corrected chi connectivity index (χ0v) is 16.6. The highest BCUT2D eigenvalue weighted by molar-refractivity contribution is 6.04. The van der Waals surface area contributed by atoms with E-state index in [1.807, 2.05) is 31.2 Å². The fourth-order valence-corrected chi connectivity index (χ4v) is 4.07. The van der Waals surface area contributed by atoms with Gasteiger partial charge in [0, 0.05) is 29.3 Å². The molecule has 1 aromatic rings. The van der Waals surface area contributed by atoms with Crippen molar-refractivity contribution in [2.45, 2.75) is 46.5 Å². The van der Waals surface area contributed by atoms with Gasteiger partial charge in [0.15, 0.2) is 5.78 Å². The zero-order valence-electron chi connectivity index (χ0n) is 16.6. The first-order chi connectivity index (χ1) is 12.8. The molecule has 3 rings (SSSR count). The number of Topliss-reactive ketones (excluding diaryl/α,β-unsaturated/α-hetero) is 1. The molecule has 5 nitrogen and oxygen atoms in total. The molecule has 0 saturated heterocycles. The molecule has 0 bridgehead atoms. The number of hydrogen-bond donors (Lipinski definition) is 1. The van der Waals surface area contributed by atoms with Gasteiger partial charge in [0.1, 0.15) is 5.75 Å². The standard InChI is InChI=1S/C22H27NO4/c1-6-27-21(25)18-13(2)23-16-11-22(3,4)12-17(24)20(16)19(18)14-8-7-9-15(10-14)26-5/h7-10,19,23H,6,11-12H2,1-5H3. The SMILES string of the molecule is CCOC(=O)C1=C(C)NC2=C(C(=O)CC(C)(C)C2)C1c1cccc(OC)c1. The molecule has 1 N–H and O–H groups in total. The smallest absolute Gasteiger partial charge is 0.336 e. The number of allylic oxidation sites excluding steroid dienone is 3. The number of carbonyl (C=O) groups is 2. The van der Waals surface area contributed by atoms with Crippen molar-refractivity contribution in [3.05, 3.63) is 52.4 Å². The molecular formula is C22H27NO4. The fraction of sp³-hybridized carbons (Fsp3) is 0.455. The molecule has 0 aromatic heterocycles. The van der Waals surface area contributed by atoms with E-state index in [9.17, 15) is 9.59 Å². The van der Waals surface area contributed by atoms with Gasteiger partial charge in [0.05, 0.1) is 19.3 Å². The Morgan fingerprint density at radius 2 is 2.04 bits per heavy atom. The van der Waals surface area contributed by atoms with Crippen LogP contribution in [-0.2, 0) is 14.3 Å². The van der Waals surface area contributed by atoms with Gasteiger partial charge in [-0.05, 0) is 43.4 Å². The predicted octanol–water partition coefficient (Wildman–Crippen LogP) is 3.86. The Labute approximate surface area is 160 Å². The monoisotopic (exact) mass is 369 g/mol. The van der Waals surface area contributed by atoms with Gasteiger partial charge < -0.3 is 14.8 Å². The molecule has 1 unspecified atom stereocenters. The van der Waals surface area contributed by atoms with Crippen LogP contribution in [-0.4, -0.2) is 25.5 Å². The Balaban J connectivity index is 2.18. The molecule has 5 heteroatoms. The lowest BCUT2D eigenvalue weighted by molar-refractivity contribution is -0.138. The molecule has 1 aliphatic carbocycles. The minimum absolute atomic E-state index is 0.0795. The van der Waals surface area contributed by atoms with E-state index in [-0.39, 0.29) is 23.8 Å². The maximum Gasteiger partial charge on any atom is 0.336 e. The predicted molar refractivity (Wildman–Crippen MR) is 103 cm³/mol. The number of ketones is 1. The second-order valence-electron chi connectivity index (χ2n) is 7.93. The quantitative estimate of drug-likeness (QED) is 0.817. The Morgan fingerprint density at radius 1 is 1.30 bits per heavy atom. The van der Waals surface area contributed by atoms with Gasteiger partial charge in [-0.2, -0.15) is 0 Å². The number of rotatable bonds is 4. The topological polar surface area (TPSA) is 64.6 Å². The molecule has 1 aliphatic heterocycles. The minimum Gasteiger partial charge on any atom is -0.497 e. The van der Waals surface area contributed by atoms with Crippen LogP contribution >= 0.6 is 0 Å². The molecule has 1 heterocycles. The third-order valence-corrected chi connectivity index (χ3v) is 5.16. The van der Waals surface area contributed by atoms with E-state index in [0.29, 0.717) is 23.3 Å². The van der Waals surface area contributed by atoms with Crippen LogP contribution in [0.3, 0.4) is 0 Å². The van der Waals surface area contributed by atoms with Crippen LogP contribution in [0.2, 0.25) is 0 Å². The molecular weight excluding hydrogens is 342 g/mol. The van der Waals surface area contributed by atoms with E-state index in [4.69, 9.17) is 9.47 Å². The van der Waals surface area contributed by atoms with Crippen LogP contribution in [0.4, 0.5) is 0 Å². The summed E-state index contributed by atoms with van der Waals surface area (Å²) < 4.78 is 10.7. The van der Waals surface area contributed by atoms with Gasteiger partial charge in [-0.15, -0.1) is 0 Å². The van der Waals surface area contributed by atoms with Gasteiger partial charge in [-0.1, -0.05) is 26.0 Å². The van der Waals surface area contributed by atoms with Crippen LogP contribution in [0.25, 0.3) is 0 Å². The summed E-state index contributed by atoms with van der Waals surface area (Å²) in [6.07, 6.45) is 1.23. The van der Waals surface area contributed by atoms with Gasteiger partial charge in [-0.25, -0.2) is 4.79 Å². The highest BCUT2D eigenvalue weighted by Crippen LogP contribution is 2.47. The lowest BCUT2D eigenvalue weighted by atomic mass is 9.68. The van der Waals surface area contributed by atoms with E-state index in [1.54, 1.807) is 14.0 Å². The van der Waals surface area contributed by atoms with Gasteiger partial charge in [0.25, 0.3) is 0 Å². The lowest BCUT2D eigenvalue weighted by Gasteiger charge is -2.39. The maximum atomic E-state index is 13.1. The van der Waals surface area contributed by atoms with E-state index >= 15 is 0 Å². The molecule has 144 valence electrons. The van der Waals surface area contributed by atoms with Crippen molar-refractivity contribution in [1.29, 1.82) is 0 Å². The maximum absolute atomic E-state index is 13.1. The molecule has 0 fully saturated rings. The minimum atomic E-state index is -0.445. The van der Waals surface area contributed by atoms with Crippen molar-refractivity contribution in [2.75, 3.05) is 13.7 Å². The summed E-state index contributed by atoms with van der Waals surface area (Å²) in [5.74, 6) is -0.0630. The number of esters is 1. The summed E-state index contributed by atoms with van der Waals surface area (Å²) in [5, 5.41) is 3.33. The van der Waals surface area contributed by atoms with E-state index in [0.717, 1.165) is 23.4 Å².